The van der Waals surface area contributed by atoms with Crippen LogP contribution in [0, 0.1) is 6.92 Å². The van der Waals surface area contributed by atoms with Gasteiger partial charge >= 0.3 is 17.1 Å². The molecule has 4 nitrogen and oxygen atoms in total. The second-order valence-corrected chi connectivity index (χ2v) is 4.74. The summed E-state index contributed by atoms with van der Waals surface area (Å²) in [6, 6.07) is 5.81. The van der Waals surface area contributed by atoms with Crippen LogP contribution in [0.15, 0.2) is 23.3 Å². The summed E-state index contributed by atoms with van der Waals surface area (Å²) < 4.78 is 0. The zero-order valence-electron chi connectivity index (χ0n) is 12.2. The van der Waals surface area contributed by atoms with Crippen LogP contribution in [0.5, 0.6) is 0 Å². The van der Waals surface area contributed by atoms with Crippen molar-refractivity contribution in [3.05, 3.63) is 35.0 Å². The van der Waals surface area contributed by atoms with Crippen LogP contribution in [0.25, 0.3) is 5.43 Å². The summed E-state index contributed by atoms with van der Waals surface area (Å²) in [4.78, 5) is 6.46. The normalized spacial score (nSPS) is 10.6. The summed E-state index contributed by atoms with van der Waals surface area (Å²) in [5.41, 5.74) is 5.90. The summed E-state index contributed by atoms with van der Waals surface area (Å²) in [7, 11) is 0. The Balaban J connectivity index is 0.00000361. The maximum atomic E-state index is 4.40. The van der Waals surface area contributed by atoms with Gasteiger partial charge in [-0.15, -0.1) is 0 Å². The SMILES string of the molecule is CCCN(CCC)C(=[SH+])[N-]N=Cc1cccc(C)n1.[Cu+2]. The molecule has 0 aliphatic rings. The third kappa shape index (κ3) is 7.10. The predicted octanol–water partition coefficient (Wildman–Crippen LogP) is 2.58. The molecule has 0 amide bonds. The van der Waals surface area contributed by atoms with E-state index in [-0.39, 0.29) is 17.1 Å². The van der Waals surface area contributed by atoms with Crippen molar-refractivity contribution in [1.29, 1.82) is 0 Å². The Kier molecular flexibility index (Phi) is 10.5. The van der Waals surface area contributed by atoms with Gasteiger partial charge in [0.2, 0.25) is 0 Å². The molecule has 0 fully saturated rings. The van der Waals surface area contributed by atoms with Crippen molar-refractivity contribution < 1.29 is 17.1 Å². The van der Waals surface area contributed by atoms with Crippen LogP contribution in [-0.4, -0.2) is 34.3 Å². The zero-order valence-corrected chi connectivity index (χ0v) is 14.0. The van der Waals surface area contributed by atoms with Crippen LogP contribution >= 0.6 is 0 Å². The number of aromatic nitrogens is 1. The Morgan fingerprint density at radius 3 is 2.55 bits per heavy atom. The molecule has 0 bridgehead atoms. The van der Waals surface area contributed by atoms with Gasteiger partial charge < -0.3 is 10.5 Å². The molecule has 113 valence electrons. The van der Waals surface area contributed by atoms with Gasteiger partial charge in [0.15, 0.2) is 17.3 Å². The van der Waals surface area contributed by atoms with Crippen LogP contribution in [0.1, 0.15) is 38.1 Å². The number of rotatable bonds is 6. The number of hydrogen-bond donors (Lipinski definition) is 0. The minimum absolute atomic E-state index is 0. The predicted molar refractivity (Wildman–Crippen MR) is 85.8 cm³/mol. The van der Waals surface area contributed by atoms with Crippen molar-refractivity contribution in [3.8, 4) is 0 Å². The van der Waals surface area contributed by atoms with E-state index < -0.39 is 0 Å². The largest absolute Gasteiger partial charge is 2.00 e. The summed E-state index contributed by atoms with van der Waals surface area (Å²) in [5.74, 6) is 0. The molecule has 0 N–H and O–H groups in total. The van der Waals surface area contributed by atoms with Crippen molar-refractivity contribution in [2.45, 2.75) is 33.6 Å². The van der Waals surface area contributed by atoms with E-state index in [1.807, 2.05) is 25.1 Å². The van der Waals surface area contributed by atoms with Crippen LogP contribution in [0.2, 0.25) is 0 Å². The number of pyridine rings is 1. The van der Waals surface area contributed by atoms with Crippen molar-refractivity contribution in [1.82, 2.24) is 9.88 Å². The average molecular weight is 342 g/mol. The van der Waals surface area contributed by atoms with E-state index in [0.29, 0.717) is 5.11 Å². The quantitative estimate of drug-likeness (QED) is 0.199. The molecule has 0 unspecified atom stereocenters. The topological polar surface area (TPSA) is 42.6 Å². The monoisotopic (exact) mass is 341 g/mol. The number of thiol groups is 1. The van der Waals surface area contributed by atoms with Gasteiger partial charge in [0, 0.05) is 25.0 Å². The molecule has 20 heavy (non-hydrogen) atoms. The second kappa shape index (κ2) is 10.9. The summed E-state index contributed by atoms with van der Waals surface area (Å²) >= 11 is 4.40. The first-order valence-corrected chi connectivity index (χ1v) is 7.10. The van der Waals surface area contributed by atoms with Crippen LogP contribution in [0.3, 0.4) is 0 Å². The first kappa shape index (κ1) is 19.2. The van der Waals surface area contributed by atoms with E-state index in [1.165, 1.54) is 0 Å². The maximum Gasteiger partial charge on any atom is 2.00 e. The maximum absolute atomic E-state index is 4.40. The smallest absolute Gasteiger partial charge is 0.515 e. The van der Waals surface area contributed by atoms with Crippen molar-refractivity contribution in [3.63, 3.8) is 0 Å². The fourth-order valence-electron chi connectivity index (χ4n) is 1.69. The molecular formula is C14H22CuN4S+2. The minimum Gasteiger partial charge on any atom is -0.515 e. The zero-order chi connectivity index (χ0) is 14.1. The average Bonchev–Trinajstić information content (AvgIpc) is 2.38. The molecule has 0 aliphatic carbocycles. The number of hydrogen-bond acceptors (Lipinski definition) is 2. The molecule has 0 saturated carbocycles. The second-order valence-electron chi connectivity index (χ2n) is 4.34. The Bertz CT molecular complexity index is 431. The fourth-order valence-corrected chi connectivity index (χ4v) is 1.94. The van der Waals surface area contributed by atoms with Crippen molar-refractivity contribution >= 4 is 23.5 Å². The molecule has 6 heteroatoms. The fraction of sp³-hybridized carbons (Fsp3) is 0.500. The van der Waals surface area contributed by atoms with Gasteiger partial charge in [-0.25, -0.2) is 4.90 Å². The minimum atomic E-state index is 0. The Labute approximate surface area is 137 Å². The van der Waals surface area contributed by atoms with E-state index >= 15 is 0 Å². The standard InChI is InChI=1S/C14H22N4S.Cu/c1-4-9-18(10-5-2)14(19)17-15-11-13-8-6-7-12(3)16-13;/h6-8,11H,4-5,9-10H2,1-3H3,(H,16,17,19);/q;+2. The van der Waals surface area contributed by atoms with Crippen LogP contribution in [0.4, 0.5) is 0 Å². The van der Waals surface area contributed by atoms with Gasteiger partial charge in [0.1, 0.15) is 0 Å². The summed E-state index contributed by atoms with van der Waals surface area (Å²) in [6.07, 6.45) is 3.80. The summed E-state index contributed by atoms with van der Waals surface area (Å²) in [6.45, 7) is 8.14. The van der Waals surface area contributed by atoms with Gasteiger partial charge in [-0.1, -0.05) is 19.9 Å². The molecule has 1 aromatic rings. The molecule has 1 aromatic heterocycles. The van der Waals surface area contributed by atoms with Crippen LogP contribution in [-0.2, 0) is 29.3 Å². The van der Waals surface area contributed by atoms with Crippen molar-refractivity contribution in [2.24, 2.45) is 5.10 Å². The third-order valence-electron chi connectivity index (χ3n) is 2.52. The first-order chi connectivity index (χ1) is 9.17. The van der Waals surface area contributed by atoms with Gasteiger partial charge in [-0.05, 0) is 31.9 Å². The summed E-state index contributed by atoms with van der Waals surface area (Å²) in [5, 5.41) is 4.71. The van der Waals surface area contributed by atoms with Gasteiger partial charge in [-0.2, -0.15) is 0 Å². The molecule has 0 spiro atoms. The Hall–Kier alpha value is -0.811. The van der Waals surface area contributed by atoms with E-state index in [1.54, 1.807) is 6.21 Å². The molecule has 0 aliphatic heterocycles. The molecule has 1 radical (unpaired) electrons. The molecule has 1 heterocycles. The number of nitrogens with zero attached hydrogens (tertiary/aromatic N) is 4. The van der Waals surface area contributed by atoms with Gasteiger partial charge in [0.25, 0.3) is 0 Å². The Morgan fingerprint density at radius 1 is 1.35 bits per heavy atom. The molecule has 0 saturated heterocycles. The number of aryl methyl sites for hydroxylation is 1. The van der Waals surface area contributed by atoms with E-state index in [2.05, 4.69) is 46.5 Å². The third-order valence-corrected chi connectivity index (χ3v) is 2.89. The molecule has 1 rings (SSSR count). The van der Waals surface area contributed by atoms with Gasteiger partial charge in [-0.3, -0.25) is 4.98 Å². The van der Waals surface area contributed by atoms with Crippen LogP contribution < -0.4 is 0 Å². The van der Waals surface area contributed by atoms with Gasteiger partial charge in [0.05, 0.1) is 5.69 Å². The molecule has 0 atom stereocenters. The Morgan fingerprint density at radius 2 is 2.00 bits per heavy atom. The molecular weight excluding hydrogens is 320 g/mol. The van der Waals surface area contributed by atoms with Crippen molar-refractivity contribution in [2.75, 3.05) is 13.1 Å². The first-order valence-electron chi connectivity index (χ1n) is 6.66. The molecule has 0 aromatic carbocycles. The van der Waals surface area contributed by atoms with E-state index in [9.17, 15) is 0 Å². The van der Waals surface area contributed by atoms with E-state index in [0.717, 1.165) is 37.3 Å². The van der Waals surface area contributed by atoms with E-state index in [4.69, 9.17) is 0 Å².